The summed E-state index contributed by atoms with van der Waals surface area (Å²) in [6.07, 6.45) is 0. The van der Waals surface area contributed by atoms with Crippen molar-refractivity contribution in [2.45, 2.75) is 12.4 Å². The monoisotopic (exact) mass is 231 g/mol. The van der Waals surface area contributed by atoms with Crippen LogP contribution >= 0.6 is 0 Å². The van der Waals surface area contributed by atoms with E-state index < -0.39 is 16.9 Å². The van der Waals surface area contributed by atoms with Crippen molar-refractivity contribution in [3.8, 4) is 0 Å². The molecule has 0 unspecified atom stereocenters. The Kier molecular flexibility index (Phi) is 6.92. The molecule has 0 radical (unpaired) electrons. The third-order valence-electron chi connectivity index (χ3n) is 1.06. The summed E-state index contributed by atoms with van der Waals surface area (Å²) < 4.78 is 9.35. The zero-order valence-corrected chi connectivity index (χ0v) is 9.62. The summed E-state index contributed by atoms with van der Waals surface area (Å²) in [5.74, 6) is -0.355. The van der Waals surface area contributed by atoms with E-state index in [1.165, 1.54) is 0 Å². The van der Waals surface area contributed by atoms with Gasteiger partial charge in [0.15, 0.2) is 0 Å². The van der Waals surface area contributed by atoms with Crippen LogP contribution in [0.5, 0.6) is 0 Å². The van der Waals surface area contributed by atoms with Crippen molar-refractivity contribution >= 4 is 29.4 Å². The van der Waals surface area contributed by atoms with Crippen molar-refractivity contribution in [3.05, 3.63) is 0 Å². The first-order valence-electron chi connectivity index (χ1n) is 3.70. The third kappa shape index (κ3) is 6.26. The molecule has 0 aliphatic rings. The number of likely N-dealkylation sites (N-methyl/N-ethyl adjacent to an activating group) is 1. The maximum absolute atomic E-state index is 10.9. The van der Waals surface area contributed by atoms with Crippen LogP contribution in [-0.4, -0.2) is 42.5 Å². The Balaban J connectivity index is 3.46. The summed E-state index contributed by atoms with van der Waals surface area (Å²) in [6.45, 7) is 3.10. The zero-order chi connectivity index (χ0) is 9.40. The van der Waals surface area contributed by atoms with Gasteiger partial charge in [-0.1, -0.05) is 0 Å². The molecule has 68 valence electrons. The van der Waals surface area contributed by atoms with Crippen LogP contribution in [0.15, 0.2) is 0 Å². The van der Waals surface area contributed by atoms with E-state index in [1.807, 2.05) is 6.92 Å². The first kappa shape index (κ1) is 11.5. The standard InChI is InChI=1S/C4H9NO2.CH2O2.CH3.Ga/c1-2-5-3-4(6)7;2-1-3;;/h5H,2-3H2,1H3,(H,6,7);1H,(H,2,3);1H3;/q;;;+2/p-2. The van der Waals surface area contributed by atoms with E-state index in [9.17, 15) is 9.59 Å². The van der Waals surface area contributed by atoms with Gasteiger partial charge in [0.05, 0.1) is 0 Å². The van der Waals surface area contributed by atoms with Gasteiger partial charge in [0.2, 0.25) is 0 Å². The Hall–Kier alpha value is -0.464. The second-order valence-corrected chi connectivity index (χ2v) is 5.52. The first-order chi connectivity index (χ1) is 5.70. The molecule has 0 saturated heterocycles. The van der Waals surface area contributed by atoms with Crippen molar-refractivity contribution in [1.29, 1.82) is 0 Å². The number of carbonyl (C=O) groups excluding carboxylic acids is 2. The second kappa shape index (κ2) is 7.20. The Morgan fingerprint density at radius 2 is 2.33 bits per heavy atom. The van der Waals surface area contributed by atoms with Crippen LogP contribution in [0.1, 0.15) is 6.92 Å². The Morgan fingerprint density at radius 1 is 1.67 bits per heavy atom. The van der Waals surface area contributed by atoms with Crippen LogP contribution in [0.2, 0.25) is 5.48 Å². The van der Waals surface area contributed by atoms with E-state index in [4.69, 9.17) is 3.53 Å². The van der Waals surface area contributed by atoms with Crippen molar-refractivity contribution in [3.63, 3.8) is 0 Å². The van der Waals surface area contributed by atoms with E-state index >= 15 is 0 Å². The molecule has 5 nitrogen and oxygen atoms in total. The molecular weight excluding hydrogens is 220 g/mol. The average molecular weight is 232 g/mol. The zero-order valence-electron chi connectivity index (χ0n) is 7.20. The molecule has 0 atom stereocenters. The summed E-state index contributed by atoms with van der Waals surface area (Å²) in [5, 5.41) is 2.81. The minimum absolute atomic E-state index is 0.175. The average Bonchev–Trinajstić information content (AvgIpc) is 2.01. The van der Waals surface area contributed by atoms with Crippen molar-refractivity contribution < 1.29 is 16.6 Å². The topological polar surface area (TPSA) is 64.6 Å². The molecule has 0 saturated carbocycles. The van der Waals surface area contributed by atoms with E-state index in [0.29, 0.717) is 13.0 Å². The van der Waals surface area contributed by atoms with Crippen LogP contribution in [0.25, 0.3) is 0 Å². The Bertz CT molecular complexity index is 152. The fourth-order valence-electron chi connectivity index (χ4n) is 0.560. The number of hydrogen-bond donors (Lipinski definition) is 1. The number of rotatable bonds is 6. The van der Waals surface area contributed by atoms with Crippen LogP contribution in [0.4, 0.5) is 0 Å². The predicted octanol–water partition coefficient (Wildman–Crippen LogP) is -0.570. The van der Waals surface area contributed by atoms with Crippen LogP contribution < -0.4 is 5.32 Å². The van der Waals surface area contributed by atoms with Gasteiger partial charge in [-0.25, -0.2) is 0 Å². The summed E-state index contributed by atoms with van der Waals surface area (Å²) in [4.78, 5) is 20.7. The van der Waals surface area contributed by atoms with Gasteiger partial charge in [-0.3, -0.25) is 0 Å². The molecule has 12 heavy (non-hydrogen) atoms. The van der Waals surface area contributed by atoms with E-state index in [1.54, 1.807) is 5.48 Å². The van der Waals surface area contributed by atoms with Crippen molar-refractivity contribution in [2.24, 2.45) is 0 Å². The molecule has 0 bridgehead atoms. The van der Waals surface area contributed by atoms with Gasteiger partial charge in [0.25, 0.3) is 0 Å². The van der Waals surface area contributed by atoms with Gasteiger partial charge in [-0.2, -0.15) is 0 Å². The van der Waals surface area contributed by atoms with Gasteiger partial charge >= 0.3 is 76.8 Å². The van der Waals surface area contributed by atoms with Crippen LogP contribution in [0, 0.1) is 0 Å². The van der Waals surface area contributed by atoms with Crippen LogP contribution in [0.3, 0.4) is 0 Å². The van der Waals surface area contributed by atoms with Crippen molar-refractivity contribution in [2.75, 3.05) is 13.1 Å². The first-order valence-corrected chi connectivity index (χ1v) is 8.10. The van der Waals surface area contributed by atoms with Crippen LogP contribution in [-0.2, 0) is 16.6 Å². The molecule has 0 aliphatic carbocycles. The molecule has 0 aromatic carbocycles. The second-order valence-electron chi connectivity index (χ2n) is 2.07. The molecule has 0 fully saturated rings. The summed E-state index contributed by atoms with van der Waals surface area (Å²) >= 11 is -2.50. The van der Waals surface area contributed by atoms with Crippen molar-refractivity contribution in [1.82, 2.24) is 5.32 Å². The van der Waals surface area contributed by atoms with Gasteiger partial charge < -0.3 is 0 Å². The summed E-state index contributed by atoms with van der Waals surface area (Å²) in [5.41, 5.74) is 1.66. The molecule has 0 rings (SSSR count). The molecule has 1 N–H and O–H groups in total. The normalized spacial score (nSPS) is 8.83. The molecule has 0 spiro atoms. The molecule has 0 heterocycles. The fraction of sp³-hybridized carbons (Fsp3) is 0.667. The van der Waals surface area contributed by atoms with E-state index in [-0.39, 0.29) is 12.5 Å². The number of hydrogen-bond acceptors (Lipinski definition) is 5. The molecule has 0 aromatic heterocycles. The maximum atomic E-state index is 10.9. The summed E-state index contributed by atoms with van der Waals surface area (Å²) in [7, 11) is 0. The SMILES string of the molecule is CCNCC(=O)[O][Ga]([CH3])[O]C=O. The molecule has 0 aliphatic heterocycles. The predicted molar refractivity (Wildman–Crippen MR) is 43.4 cm³/mol. The Morgan fingerprint density at radius 3 is 2.83 bits per heavy atom. The summed E-state index contributed by atoms with van der Waals surface area (Å²) in [6, 6.07) is 0. The van der Waals surface area contributed by atoms with Gasteiger partial charge in [-0.05, 0) is 0 Å². The molecular formula is C6H12GaNO4. The Labute approximate surface area is 77.3 Å². The minimum atomic E-state index is -2.50. The van der Waals surface area contributed by atoms with Gasteiger partial charge in [0, 0.05) is 0 Å². The fourth-order valence-corrected chi connectivity index (χ4v) is 1.96. The third-order valence-corrected chi connectivity index (χ3v) is 3.35. The molecule has 0 amide bonds. The van der Waals surface area contributed by atoms with Gasteiger partial charge in [0.1, 0.15) is 0 Å². The van der Waals surface area contributed by atoms with E-state index in [0.717, 1.165) is 0 Å². The molecule has 0 aromatic rings. The number of carbonyl (C=O) groups is 2. The van der Waals surface area contributed by atoms with Gasteiger partial charge in [-0.15, -0.1) is 0 Å². The number of nitrogens with one attached hydrogen (secondary N) is 1. The van der Waals surface area contributed by atoms with E-state index in [2.05, 4.69) is 8.85 Å². The quantitative estimate of drug-likeness (QED) is 0.490. The molecule has 6 heteroatoms.